The maximum atomic E-state index is 12.9. The van der Waals surface area contributed by atoms with Gasteiger partial charge in [0.1, 0.15) is 5.60 Å². The third-order valence-corrected chi connectivity index (χ3v) is 8.47. The predicted molar refractivity (Wildman–Crippen MR) is 95.8 cm³/mol. The zero-order chi connectivity index (χ0) is 18.8. The number of Topliss-reactive ketones (excluding diaryl/α,β-unsaturated/α-hetero) is 1. The maximum absolute atomic E-state index is 12.9. The van der Waals surface area contributed by atoms with Crippen LogP contribution in [0.5, 0.6) is 0 Å². The van der Waals surface area contributed by atoms with Crippen LogP contribution in [0, 0.1) is 22.7 Å². The maximum Gasteiger partial charge on any atom is 0.199 e. The van der Waals surface area contributed by atoms with Gasteiger partial charge in [0.25, 0.3) is 0 Å². The van der Waals surface area contributed by atoms with Crippen LogP contribution in [0.15, 0.2) is 30.3 Å². The molecule has 0 amide bonds. The molecule has 0 aromatic heterocycles. The Bertz CT molecular complexity index is 830. The number of hydrogen-bond acceptors (Lipinski definition) is 5. The van der Waals surface area contributed by atoms with Crippen LogP contribution in [-0.2, 0) is 25.6 Å². The summed E-state index contributed by atoms with van der Waals surface area (Å²) in [6, 6.07) is 10.2. The minimum atomic E-state index is -0.773. The topological polar surface area (TPSA) is 71.6 Å². The minimum Gasteiger partial charge on any atom is -0.390 e. The van der Waals surface area contributed by atoms with Gasteiger partial charge in [0, 0.05) is 11.3 Å². The number of carbonyl (C=O) groups excluding carboxylic acids is 1. The highest BCUT2D eigenvalue weighted by atomic mass is 16.7. The molecule has 5 fully saturated rings. The monoisotopic (exact) mass is 370 g/mol. The zero-order valence-electron chi connectivity index (χ0n) is 16.0. The molecule has 2 saturated heterocycles. The molecule has 6 rings (SSSR count). The number of hydrogen-bond donors (Lipinski definition) is 1. The molecule has 2 spiro atoms. The van der Waals surface area contributed by atoms with Gasteiger partial charge in [0.15, 0.2) is 17.5 Å². The molecule has 0 unspecified atom stereocenters. The summed E-state index contributed by atoms with van der Waals surface area (Å²) in [5.74, 6) is 0.157. The van der Waals surface area contributed by atoms with E-state index in [1.165, 1.54) is 0 Å². The molecule has 1 aromatic rings. The van der Waals surface area contributed by atoms with Gasteiger partial charge >= 0.3 is 0 Å². The zero-order valence-corrected chi connectivity index (χ0v) is 16.0. The van der Waals surface area contributed by atoms with E-state index in [1.807, 2.05) is 18.2 Å². The SMILES string of the molecule is CC1(C)C[C@H]2[C@@H]([C@H]1OCc1ccccc1)[C@@]1(C)[C@@]3(O[C@@H]3C(=O)[C@@]13CO3)[C@H]2O. The Morgan fingerprint density at radius 3 is 2.59 bits per heavy atom. The molecule has 3 saturated carbocycles. The van der Waals surface area contributed by atoms with E-state index in [-0.39, 0.29) is 29.1 Å². The lowest BCUT2D eigenvalue weighted by molar-refractivity contribution is -0.138. The summed E-state index contributed by atoms with van der Waals surface area (Å²) in [6.07, 6.45) is -0.313. The molecule has 3 aliphatic carbocycles. The van der Waals surface area contributed by atoms with Crippen molar-refractivity contribution >= 4 is 5.78 Å². The number of fused-ring (bicyclic) bond motifs is 3. The van der Waals surface area contributed by atoms with Crippen molar-refractivity contribution in [3.63, 3.8) is 0 Å². The average molecular weight is 370 g/mol. The summed E-state index contributed by atoms with van der Waals surface area (Å²) in [5.41, 5.74) is -1.01. The molecule has 2 aliphatic heterocycles. The second-order valence-corrected chi connectivity index (χ2v) is 10.0. The molecular weight excluding hydrogens is 344 g/mol. The number of carbonyl (C=O) groups is 1. The molecule has 5 aliphatic rings. The molecule has 1 aromatic carbocycles. The minimum absolute atomic E-state index is 0.0361. The first kappa shape index (κ1) is 16.7. The van der Waals surface area contributed by atoms with Crippen LogP contribution in [0.2, 0.25) is 0 Å². The van der Waals surface area contributed by atoms with E-state index in [0.29, 0.717) is 13.2 Å². The molecule has 1 N–H and O–H groups in total. The van der Waals surface area contributed by atoms with Crippen LogP contribution in [0.4, 0.5) is 0 Å². The van der Waals surface area contributed by atoms with E-state index in [0.717, 1.165) is 12.0 Å². The molecule has 27 heavy (non-hydrogen) atoms. The first-order valence-corrected chi connectivity index (χ1v) is 9.99. The second-order valence-electron chi connectivity index (χ2n) is 10.0. The van der Waals surface area contributed by atoms with Crippen molar-refractivity contribution < 1.29 is 24.1 Å². The normalized spacial score (nSPS) is 53.3. The summed E-state index contributed by atoms with van der Waals surface area (Å²) in [7, 11) is 0. The van der Waals surface area contributed by atoms with Crippen LogP contribution < -0.4 is 0 Å². The Kier molecular flexibility index (Phi) is 2.87. The Morgan fingerprint density at radius 2 is 1.93 bits per heavy atom. The lowest BCUT2D eigenvalue weighted by Gasteiger charge is -2.42. The summed E-state index contributed by atoms with van der Waals surface area (Å²) >= 11 is 0. The standard InChI is InChI=1S/C22H26O5/c1-19(2)9-13-14(17(19)25-10-12-7-5-4-6-8-12)20(3)21(11-26-21)16(24)18-22(20,27-18)15(13)23/h4-8,13-15,17-18,23H,9-11H2,1-3H3/t13-,14-,15-,17+,18+,20+,21-,22+/m0/s1. The average Bonchev–Trinajstić information content (AvgIpc) is 3.53. The first-order valence-electron chi connectivity index (χ1n) is 9.99. The van der Waals surface area contributed by atoms with Crippen LogP contribution >= 0.6 is 0 Å². The quantitative estimate of drug-likeness (QED) is 0.825. The van der Waals surface area contributed by atoms with Crippen molar-refractivity contribution in [2.24, 2.45) is 22.7 Å². The van der Waals surface area contributed by atoms with Crippen LogP contribution in [-0.4, -0.2) is 47.0 Å². The number of ether oxygens (including phenoxy) is 3. The van der Waals surface area contributed by atoms with E-state index >= 15 is 0 Å². The van der Waals surface area contributed by atoms with Crippen molar-refractivity contribution in [1.82, 2.24) is 0 Å². The molecule has 144 valence electrons. The van der Waals surface area contributed by atoms with Gasteiger partial charge in [-0.15, -0.1) is 0 Å². The fraction of sp³-hybridized carbons (Fsp3) is 0.682. The molecule has 0 radical (unpaired) electrons. The van der Waals surface area contributed by atoms with E-state index in [9.17, 15) is 9.90 Å². The Morgan fingerprint density at radius 1 is 1.22 bits per heavy atom. The number of aliphatic hydroxyl groups excluding tert-OH is 1. The van der Waals surface area contributed by atoms with Gasteiger partial charge in [0.05, 0.1) is 25.4 Å². The van der Waals surface area contributed by atoms with Crippen molar-refractivity contribution in [2.45, 2.75) is 63.3 Å². The highest BCUT2D eigenvalue weighted by Crippen LogP contribution is 2.81. The van der Waals surface area contributed by atoms with Crippen LogP contribution in [0.3, 0.4) is 0 Å². The second kappa shape index (κ2) is 4.65. The Balaban J connectivity index is 1.40. The number of benzene rings is 1. The fourth-order valence-electron chi connectivity index (χ4n) is 7.17. The fourth-order valence-corrected chi connectivity index (χ4v) is 7.17. The van der Waals surface area contributed by atoms with Gasteiger partial charge < -0.3 is 19.3 Å². The lowest BCUT2D eigenvalue weighted by Crippen LogP contribution is -2.53. The number of ketones is 1. The molecule has 5 heteroatoms. The third kappa shape index (κ3) is 1.62. The Labute approximate surface area is 159 Å². The van der Waals surface area contributed by atoms with Gasteiger partial charge in [-0.25, -0.2) is 0 Å². The largest absolute Gasteiger partial charge is 0.390 e. The highest BCUT2D eigenvalue weighted by molar-refractivity contribution is 6.02. The van der Waals surface area contributed by atoms with Gasteiger partial charge in [-0.3, -0.25) is 4.79 Å². The van der Waals surface area contributed by atoms with Crippen molar-refractivity contribution in [3.05, 3.63) is 35.9 Å². The van der Waals surface area contributed by atoms with Crippen molar-refractivity contribution in [1.29, 1.82) is 0 Å². The summed E-state index contributed by atoms with van der Waals surface area (Å²) < 4.78 is 18.3. The predicted octanol–water partition coefficient (Wildman–Crippen LogP) is 2.10. The van der Waals surface area contributed by atoms with E-state index in [2.05, 4.69) is 32.9 Å². The molecule has 0 bridgehead atoms. The van der Waals surface area contributed by atoms with Crippen molar-refractivity contribution in [3.8, 4) is 0 Å². The van der Waals surface area contributed by atoms with Crippen molar-refractivity contribution in [2.75, 3.05) is 6.61 Å². The molecule has 2 heterocycles. The molecule has 5 nitrogen and oxygen atoms in total. The smallest absolute Gasteiger partial charge is 0.199 e. The first-order chi connectivity index (χ1) is 12.8. The third-order valence-electron chi connectivity index (χ3n) is 8.47. The van der Waals surface area contributed by atoms with E-state index < -0.39 is 28.8 Å². The van der Waals surface area contributed by atoms with Gasteiger partial charge in [-0.2, -0.15) is 0 Å². The number of aliphatic hydroxyl groups is 1. The number of rotatable bonds is 3. The Hall–Kier alpha value is -1.27. The van der Waals surface area contributed by atoms with Crippen LogP contribution in [0.25, 0.3) is 0 Å². The highest BCUT2D eigenvalue weighted by Gasteiger charge is 2.97. The number of epoxide rings is 2. The van der Waals surface area contributed by atoms with E-state index in [4.69, 9.17) is 14.2 Å². The molecular formula is C22H26O5. The van der Waals surface area contributed by atoms with E-state index in [1.54, 1.807) is 0 Å². The van der Waals surface area contributed by atoms with Gasteiger partial charge in [-0.05, 0) is 23.3 Å². The summed E-state index contributed by atoms with van der Waals surface area (Å²) in [6.45, 7) is 7.52. The van der Waals surface area contributed by atoms with Gasteiger partial charge in [0.2, 0.25) is 0 Å². The summed E-state index contributed by atoms with van der Waals surface area (Å²) in [4.78, 5) is 12.9. The molecule has 8 atom stereocenters. The summed E-state index contributed by atoms with van der Waals surface area (Å²) in [5, 5.41) is 11.3. The lowest BCUT2D eigenvalue weighted by atomic mass is 9.65. The van der Waals surface area contributed by atoms with Gasteiger partial charge in [-0.1, -0.05) is 51.1 Å². The van der Waals surface area contributed by atoms with Crippen LogP contribution in [0.1, 0.15) is 32.8 Å².